The highest BCUT2D eigenvalue weighted by atomic mass is 16.6. The fourth-order valence-corrected chi connectivity index (χ4v) is 1.52. The number of nitro benzene ring substituents is 2. The van der Waals surface area contributed by atoms with Crippen LogP contribution in [0.1, 0.15) is 6.92 Å². The van der Waals surface area contributed by atoms with Crippen LogP contribution in [-0.4, -0.2) is 21.9 Å². The number of ether oxygens (including phenoxy) is 1. The summed E-state index contributed by atoms with van der Waals surface area (Å²) in [4.78, 5) is 31.2. The molecule has 2 rings (SSSR count). The molecule has 18 heavy (non-hydrogen) atoms. The number of anilines is 1. The first-order valence-electron chi connectivity index (χ1n) is 4.84. The van der Waals surface area contributed by atoms with Gasteiger partial charge < -0.3 is 10.1 Å². The lowest BCUT2D eigenvalue weighted by atomic mass is 10.2. The number of hydrogen-bond donors (Lipinski definition) is 1. The average molecular weight is 253 g/mol. The summed E-state index contributed by atoms with van der Waals surface area (Å²) in [5.74, 6) is -0.685. The van der Waals surface area contributed by atoms with E-state index in [1.54, 1.807) is 0 Å². The predicted octanol–water partition coefficient (Wildman–Crippen LogP) is 1.22. The van der Waals surface area contributed by atoms with Crippen molar-refractivity contribution in [1.29, 1.82) is 0 Å². The number of carbonyl (C=O) groups excluding carboxylic acids is 1. The molecular formula is C9H7N3O6. The van der Waals surface area contributed by atoms with Crippen molar-refractivity contribution in [2.45, 2.75) is 13.0 Å². The standard InChI is InChI=1S/C9H7N3O6/c1-4-9(13)10-6-2-5(11(14)15)3-7(12(16)17)8(6)18-4/h2-4H,1H3,(H,10,13). The van der Waals surface area contributed by atoms with Crippen molar-refractivity contribution in [3.05, 3.63) is 32.4 Å². The van der Waals surface area contributed by atoms with Gasteiger partial charge in [0.1, 0.15) is 0 Å². The van der Waals surface area contributed by atoms with Gasteiger partial charge in [-0.15, -0.1) is 0 Å². The molecule has 1 N–H and O–H groups in total. The molecule has 0 saturated heterocycles. The van der Waals surface area contributed by atoms with Crippen LogP contribution < -0.4 is 10.1 Å². The molecule has 1 aliphatic rings. The molecule has 0 aromatic heterocycles. The largest absolute Gasteiger partial charge is 0.472 e. The van der Waals surface area contributed by atoms with Crippen LogP contribution in [0.2, 0.25) is 0 Å². The van der Waals surface area contributed by atoms with Gasteiger partial charge in [0.15, 0.2) is 6.10 Å². The Morgan fingerprint density at radius 3 is 2.50 bits per heavy atom. The Hall–Kier alpha value is -2.71. The zero-order valence-corrected chi connectivity index (χ0v) is 9.08. The molecule has 1 unspecified atom stereocenters. The fraction of sp³-hybridized carbons (Fsp3) is 0.222. The van der Waals surface area contributed by atoms with Crippen LogP contribution in [0, 0.1) is 20.2 Å². The number of benzene rings is 1. The minimum absolute atomic E-state index is 0.0704. The second kappa shape index (κ2) is 3.95. The number of carbonyl (C=O) groups is 1. The van der Waals surface area contributed by atoms with Crippen molar-refractivity contribution in [3.63, 3.8) is 0 Å². The Morgan fingerprint density at radius 2 is 1.94 bits per heavy atom. The topological polar surface area (TPSA) is 125 Å². The van der Waals surface area contributed by atoms with Gasteiger partial charge in [-0.25, -0.2) is 0 Å². The molecule has 1 aromatic rings. The number of nitrogens with one attached hydrogen (secondary N) is 1. The number of non-ortho nitro benzene ring substituents is 1. The molecule has 1 aromatic carbocycles. The van der Waals surface area contributed by atoms with Crippen molar-refractivity contribution < 1.29 is 19.4 Å². The van der Waals surface area contributed by atoms with Gasteiger partial charge in [0.25, 0.3) is 11.6 Å². The lowest BCUT2D eigenvalue weighted by Gasteiger charge is -2.22. The van der Waals surface area contributed by atoms with Crippen LogP contribution in [0.5, 0.6) is 5.75 Å². The van der Waals surface area contributed by atoms with Crippen LogP contribution in [-0.2, 0) is 4.79 Å². The predicted molar refractivity (Wildman–Crippen MR) is 58.5 cm³/mol. The fourth-order valence-electron chi connectivity index (χ4n) is 1.52. The molecule has 1 heterocycles. The Balaban J connectivity index is 2.63. The molecule has 1 atom stereocenters. The van der Waals surface area contributed by atoms with Crippen LogP contribution in [0.25, 0.3) is 0 Å². The highest BCUT2D eigenvalue weighted by molar-refractivity contribution is 5.99. The van der Waals surface area contributed by atoms with E-state index in [0.29, 0.717) is 0 Å². The van der Waals surface area contributed by atoms with Gasteiger partial charge in [0.05, 0.1) is 21.6 Å². The van der Waals surface area contributed by atoms with Crippen molar-refractivity contribution >= 4 is 23.0 Å². The normalized spacial score (nSPS) is 17.4. The lowest BCUT2D eigenvalue weighted by Crippen LogP contribution is -2.34. The monoisotopic (exact) mass is 253 g/mol. The van der Waals surface area contributed by atoms with Crippen LogP contribution in [0.4, 0.5) is 17.1 Å². The summed E-state index contributed by atoms with van der Waals surface area (Å²) in [6.45, 7) is 1.42. The third-order valence-electron chi connectivity index (χ3n) is 2.38. The van der Waals surface area contributed by atoms with Gasteiger partial charge >= 0.3 is 5.69 Å². The van der Waals surface area contributed by atoms with Gasteiger partial charge in [-0.3, -0.25) is 25.0 Å². The van der Waals surface area contributed by atoms with Crippen molar-refractivity contribution in [3.8, 4) is 5.75 Å². The third kappa shape index (κ3) is 1.81. The summed E-state index contributed by atoms with van der Waals surface area (Å²) in [5, 5.41) is 23.8. The third-order valence-corrected chi connectivity index (χ3v) is 2.38. The summed E-state index contributed by atoms with van der Waals surface area (Å²) in [6, 6.07) is 1.81. The summed E-state index contributed by atoms with van der Waals surface area (Å²) in [5.41, 5.74) is -1.11. The molecule has 1 amide bonds. The first kappa shape index (κ1) is 11.8. The number of fused-ring (bicyclic) bond motifs is 1. The molecule has 94 valence electrons. The average Bonchev–Trinajstić information content (AvgIpc) is 2.29. The smallest absolute Gasteiger partial charge is 0.320 e. The maximum Gasteiger partial charge on any atom is 0.320 e. The second-order valence-electron chi connectivity index (χ2n) is 3.61. The van der Waals surface area contributed by atoms with E-state index < -0.39 is 33.2 Å². The molecule has 0 fully saturated rings. The molecule has 0 bridgehead atoms. The summed E-state index contributed by atoms with van der Waals surface area (Å²) < 4.78 is 5.09. The summed E-state index contributed by atoms with van der Waals surface area (Å²) >= 11 is 0. The number of rotatable bonds is 2. The highest BCUT2D eigenvalue weighted by Crippen LogP contribution is 2.41. The zero-order valence-electron chi connectivity index (χ0n) is 9.08. The van der Waals surface area contributed by atoms with E-state index in [0.717, 1.165) is 12.1 Å². The zero-order chi connectivity index (χ0) is 13.4. The van der Waals surface area contributed by atoms with E-state index in [1.165, 1.54) is 6.92 Å². The Morgan fingerprint density at radius 1 is 1.28 bits per heavy atom. The molecule has 9 heteroatoms. The maximum absolute atomic E-state index is 11.3. The number of nitro groups is 2. The SMILES string of the molecule is CC1Oc2c(cc([N+](=O)[O-])cc2[N+](=O)[O-])NC1=O. The van der Waals surface area contributed by atoms with Gasteiger partial charge in [-0.1, -0.05) is 0 Å². The van der Waals surface area contributed by atoms with Crippen LogP contribution >= 0.6 is 0 Å². The molecule has 9 nitrogen and oxygen atoms in total. The molecule has 1 aliphatic heterocycles. The van der Waals surface area contributed by atoms with E-state index in [4.69, 9.17) is 4.74 Å². The molecule has 0 radical (unpaired) electrons. The molecular weight excluding hydrogens is 246 g/mol. The Bertz CT molecular complexity index is 570. The molecule has 0 spiro atoms. The molecule has 0 aliphatic carbocycles. The minimum Gasteiger partial charge on any atom is -0.472 e. The van der Waals surface area contributed by atoms with Gasteiger partial charge in [0, 0.05) is 6.07 Å². The summed E-state index contributed by atoms with van der Waals surface area (Å²) in [6.07, 6.45) is -0.891. The van der Waals surface area contributed by atoms with Crippen LogP contribution in [0.15, 0.2) is 12.1 Å². The maximum atomic E-state index is 11.3. The van der Waals surface area contributed by atoms with Crippen molar-refractivity contribution in [2.75, 3.05) is 5.32 Å². The van der Waals surface area contributed by atoms with E-state index in [-0.39, 0.29) is 11.4 Å². The van der Waals surface area contributed by atoms with Gasteiger partial charge in [0.2, 0.25) is 5.75 Å². The Kier molecular flexibility index (Phi) is 2.58. The van der Waals surface area contributed by atoms with Crippen molar-refractivity contribution in [2.24, 2.45) is 0 Å². The van der Waals surface area contributed by atoms with E-state index in [1.807, 2.05) is 0 Å². The van der Waals surface area contributed by atoms with E-state index >= 15 is 0 Å². The number of nitrogens with zero attached hydrogens (tertiary/aromatic N) is 2. The minimum atomic E-state index is -0.891. The number of hydrogen-bond acceptors (Lipinski definition) is 6. The second-order valence-corrected chi connectivity index (χ2v) is 3.61. The highest BCUT2D eigenvalue weighted by Gasteiger charge is 2.33. The summed E-state index contributed by atoms with van der Waals surface area (Å²) in [7, 11) is 0. The first-order chi connectivity index (χ1) is 8.40. The van der Waals surface area contributed by atoms with Crippen LogP contribution in [0.3, 0.4) is 0 Å². The first-order valence-corrected chi connectivity index (χ1v) is 4.84. The Labute approximate surface area is 99.7 Å². The number of amides is 1. The van der Waals surface area contributed by atoms with Gasteiger partial charge in [-0.2, -0.15) is 0 Å². The molecule has 0 saturated carbocycles. The van der Waals surface area contributed by atoms with Gasteiger partial charge in [-0.05, 0) is 6.92 Å². The lowest BCUT2D eigenvalue weighted by molar-refractivity contribution is -0.394. The van der Waals surface area contributed by atoms with E-state index in [9.17, 15) is 25.0 Å². The van der Waals surface area contributed by atoms with Crippen molar-refractivity contribution in [1.82, 2.24) is 0 Å². The van der Waals surface area contributed by atoms with E-state index in [2.05, 4.69) is 5.32 Å². The quantitative estimate of drug-likeness (QED) is 0.624.